The Bertz CT molecular complexity index is 673. The van der Waals surface area contributed by atoms with Gasteiger partial charge >= 0.3 is 0 Å². The number of carbonyl (C=O) groups is 1. The summed E-state index contributed by atoms with van der Waals surface area (Å²) in [4.78, 5) is 15.9. The molecule has 0 saturated carbocycles. The van der Waals surface area contributed by atoms with E-state index >= 15 is 0 Å². The Morgan fingerprint density at radius 2 is 1.87 bits per heavy atom. The molecule has 120 valence electrons. The van der Waals surface area contributed by atoms with Crippen LogP contribution in [0.15, 0.2) is 59.6 Å². The summed E-state index contributed by atoms with van der Waals surface area (Å²) in [5, 5.41) is 8.63. The smallest absolute Gasteiger partial charge is 0.243 e. The van der Waals surface area contributed by atoms with Crippen molar-refractivity contribution in [3.63, 3.8) is 0 Å². The predicted octanol–water partition coefficient (Wildman–Crippen LogP) is 2.13. The summed E-state index contributed by atoms with van der Waals surface area (Å²) in [6, 6.07) is 15.6. The zero-order chi connectivity index (χ0) is 16.5. The van der Waals surface area contributed by atoms with Gasteiger partial charge in [-0.2, -0.15) is 0 Å². The van der Waals surface area contributed by atoms with E-state index in [0.717, 1.165) is 5.56 Å². The Hall–Kier alpha value is -2.89. The van der Waals surface area contributed by atoms with Crippen molar-refractivity contribution < 1.29 is 9.18 Å². The number of rotatable bonds is 5. The Morgan fingerprint density at radius 1 is 1.09 bits per heavy atom. The van der Waals surface area contributed by atoms with Crippen LogP contribution in [-0.4, -0.2) is 25.5 Å². The number of guanidine groups is 1. The topological polar surface area (TPSA) is 65.5 Å². The molecule has 2 rings (SSSR count). The molecule has 0 aliphatic rings. The molecule has 0 spiro atoms. The molecule has 0 heterocycles. The van der Waals surface area contributed by atoms with Crippen LogP contribution in [0.5, 0.6) is 0 Å². The van der Waals surface area contributed by atoms with Gasteiger partial charge in [-0.25, -0.2) is 4.39 Å². The molecule has 0 atom stereocenters. The summed E-state index contributed by atoms with van der Waals surface area (Å²) in [5.74, 6) is -0.155. The highest BCUT2D eigenvalue weighted by molar-refractivity contribution is 5.94. The number of nitrogens with zero attached hydrogens (tertiary/aromatic N) is 1. The van der Waals surface area contributed by atoms with Crippen LogP contribution in [0.25, 0.3) is 0 Å². The van der Waals surface area contributed by atoms with Crippen LogP contribution < -0.4 is 16.0 Å². The SMILES string of the molecule is CN=C(NCC(=O)Nc1cccc(F)c1)NCc1ccccc1. The second kappa shape index (κ2) is 8.53. The van der Waals surface area contributed by atoms with Crippen molar-refractivity contribution in [2.45, 2.75) is 6.54 Å². The van der Waals surface area contributed by atoms with Gasteiger partial charge in [-0.05, 0) is 23.8 Å². The van der Waals surface area contributed by atoms with Crippen LogP contribution in [0, 0.1) is 5.82 Å². The molecule has 1 amide bonds. The van der Waals surface area contributed by atoms with Crippen LogP contribution in [-0.2, 0) is 11.3 Å². The van der Waals surface area contributed by atoms with E-state index in [2.05, 4.69) is 20.9 Å². The molecule has 6 heteroatoms. The molecule has 3 N–H and O–H groups in total. The van der Waals surface area contributed by atoms with E-state index in [9.17, 15) is 9.18 Å². The Kier molecular flexibility index (Phi) is 6.11. The van der Waals surface area contributed by atoms with Gasteiger partial charge in [0.2, 0.25) is 5.91 Å². The second-order valence-corrected chi connectivity index (χ2v) is 4.82. The zero-order valence-electron chi connectivity index (χ0n) is 12.8. The molecule has 0 radical (unpaired) electrons. The van der Waals surface area contributed by atoms with Crippen molar-refractivity contribution in [3.05, 3.63) is 66.0 Å². The van der Waals surface area contributed by atoms with Gasteiger partial charge in [0.15, 0.2) is 5.96 Å². The molecule has 0 saturated heterocycles. The van der Waals surface area contributed by atoms with E-state index in [1.54, 1.807) is 19.2 Å². The van der Waals surface area contributed by atoms with Crippen LogP contribution >= 0.6 is 0 Å². The molecule has 0 unspecified atom stereocenters. The lowest BCUT2D eigenvalue weighted by Crippen LogP contribution is -2.41. The Labute approximate surface area is 134 Å². The van der Waals surface area contributed by atoms with E-state index in [4.69, 9.17) is 0 Å². The lowest BCUT2D eigenvalue weighted by Gasteiger charge is -2.12. The van der Waals surface area contributed by atoms with Gasteiger partial charge in [0.05, 0.1) is 6.54 Å². The minimum absolute atomic E-state index is 0.0327. The summed E-state index contributed by atoms with van der Waals surface area (Å²) in [5.41, 5.74) is 1.53. The van der Waals surface area contributed by atoms with Gasteiger partial charge in [-0.3, -0.25) is 9.79 Å². The number of hydrogen-bond acceptors (Lipinski definition) is 2. The number of nitrogens with one attached hydrogen (secondary N) is 3. The molecule has 0 bridgehead atoms. The third kappa shape index (κ3) is 5.78. The normalized spacial score (nSPS) is 11.0. The van der Waals surface area contributed by atoms with E-state index in [1.165, 1.54) is 12.1 Å². The van der Waals surface area contributed by atoms with Gasteiger partial charge in [0.1, 0.15) is 5.82 Å². The number of carbonyl (C=O) groups excluding carboxylic acids is 1. The molecule has 0 aliphatic heterocycles. The average molecular weight is 314 g/mol. The lowest BCUT2D eigenvalue weighted by atomic mass is 10.2. The molecular weight excluding hydrogens is 295 g/mol. The van der Waals surface area contributed by atoms with Crippen LogP contribution in [0.1, 0.15) is 5.56 Å². The zero-order valence-corrected chi connectivity index (χ0v) is 12.8. The summed E-state index contributed by atoms with van der Waals surface area (Å²) < 4.78 is 13.1. The molecule has 23 heavy (non-hydrogen) atoms. The van der Waals surface area contributed by atoms with Crippen molar-refractivity contribution in [2.24, 2.45) is 4.99 Å². The quantitative estimate of drug-likeness (QED) is 0.585. The largest absolute Gasteiger partial charge is 0.352 e. The van der Waals surface area contributed by atoms with Gasteiger partial charge in [-0.15, -0.1) is 0 Å². The van der Waals surface area contributed by atoms with Gasteiger partial charge < -0.3 is 16.0 Å². The first kappa shape index (κ1) is 16.5. The Morgan fingerprint density at radius 3 is 2.57 bits per heavy atom. The first-order valence-electron chi connectivity index (χ1n) is 7.21. The molecular formula is C17H19FN4O. The highest BCUT2D eigenvalue weighted by Crippen LogP contribution is 2.08. The minimum Gasteiger partial charge on any atom is -0.352 e. The first-order chi connectivity index (χ1) is 11.2. The summed E-state index contributed by atoms with van der Waals surface area (Å²) >= 11 is 0. The van der Waals surface area contributed by atoms with Crippen molar-refractivity contribution in [1.29, 1.82) is 0 Å². The summed E-state index contributed by atoms with van der Waals surface area (Å²) in [7, 11) is 1.63. The monoisotopic (exact) mass is 314 g/mol. The number of anilines is 1. The molecule has 2 aromatic carbocycles. The number of halogens is 1. The number of aliphatic imine (C=N–C) groups is 1. The third-order valence-electron chi connectivity index (χ3n) is 3.05. The molecule has 0 fully saturated rings. The van der Waals surface area contributed by atoms with Crippen molar-refractivity contribution in [3.8, 4) is 0 Å². The number of hydrogen-bond donors (Lipinski definition) is 3. The van der Waals surface area contributed by atoms with E-state index in [-0.39, 0.29) is 12.5 Å². The van der Waals surface area contributed by atoms with Crippen LogP contribution in [0.2, 0.25) is 0 Å². The Balaban J connectivity index is 1.77. The highest BCUT2D eigenvalue weighted by Gasteiger charge is 2.05. The van der Waals surface area contributed by atoms with Crippen LogP contribution in [0.3, 0.4) is 0 Å². The van der Waals surface area contributed by atoms with Crippen molar-refractivity contribution >= 4 is 17.6 Å². The number of amides is 1. The third-order valence-corrected chi connectivity index (χ3v) is 3.05. The van der Waals surface area contributed by atoms with Crippen molar-refractivity contribution in [2.75, 3.05) is 18.9 Å². The van der Waals surface area contributed by atoms with Gasteiger partial charge in [-0.1, -0.05) is 36.4 Å². The highest BCUT2D eigenvalue weighted by atomic mass is 19.1. The maximum Gasteiger partial charge on any atom is 0.243 e. The van der Waals surface area contributed by atoms with Gasteiger partial charge in [0, 0.05) is 19.3 Å². The van der Waals surface area contributed by atoms with Gasteiger partial charge in [0.25, 0.3) is 0 Å². The summed E-state index contributed by atoms with van der Waals surface area (Å²) in [6.45, 7) is 0.636. The fourth-order valence-electron chi connectivity index (χ4n) is 1.94. The average Bonchev–Trinajstić information content (AvgIpc) is 2.56. The van der Waals surface area contributed by atoms with Crippen molar-refractivity contribution in [1.82, 2.24) is 10.6 Å². The maximum absolute atomic E-state index is 13.1. The van der Waals surface area contributed by atoms with E-state index in [1.807, 2.05) is 30.3 Å². The predicted molar refractivity (Wildman–Crippen MR) is 89.7 cm³/mol. The van der Waals surface area contributed by atoms with E-state index in [0.29, 0.717) is 18.2 Å². The minimum atomic E-state index is -0.393. The molecule has 2 aromatic rings. The van der Waals surface area contributed by atoms with E-state index < -0.39 is 5.82 Å². The second-order valence-electron chi connectivity index (χ2n) is 4.82. The molecule has 0 aromatic heterocycles. The lowest BCUT2D eigenvalue weighted by molar-refractivity contribution is -0.115. The molecule has 5 nitrogen and oxygen atoms in total. The maximum atomic E-state index is 13.1. The number of benzene rings is 2. The standard InChI is InChI=1S/C17H19FN4O/c1-19-17(20-11-13-6-3-2-4-7-13)21-12-16(23)22-15-9-5-8-14(18)10-15/h2-10H,11-12H2,1H3,(H,22,23)(H2,19,20,21). The summed E-state index contributed by atoms with van der Waals surface area (Å²) in [6.07, 6.45) is 0. The first-order valence-corrected chi connectivity index (χ1v) is 7.21. The van der Waals surface area contributed by atoms with Crippen LogP contribution in [0.4, 0.5) is 10.1 Å². The fourth-order valence-corrected chi connectivity index (χ4v) is 1.94. The fraction of sp³-hybridized carbons (Fsp3) is 0.176. The molecule has 0 aliphatic carbocycles.